The van der Waals surface area contributed by atoms with Gasteiger partial charge in [0.15, 0.2) is 0 Å². The standard InChI is InChI=1S/C15H24N2S/c1-10-12(18-9-17-10)8-16-13-7-11-5-6-15(13,4)14(11,2)3/h9,11,13,16H,5-8H2,1-4H3. The van der Waals surface area contributed by atoms with Crippen molar-refractivity contribution in [1.29, 1.82) is 0 Å². The van der Waals surface area contributed by atoms with Crippen LogP contribution in [0, 0.1) is 23.7 Å². The van der Waals surface area contributed by atoms with Crippen LogP contribution in [0.4, 0.5) is 0 Å². The van der Waals surface area contributed by atoms with Gasteiger partial charge in [-0.3, -0.25) is 0 Å². The van der Waals surface area contributed by atoms with E-state index in [1.807, 2.05) is 5.51 Å². The third-order valence-electron chi connectivity index (χ3n) is 6.15. The predicted molar refractivity (Wildman–Crippen MR) is 76.7 cm³/mol. The zero-order valence-corrected chi connectivity index (χ0v) is 12.7. The number of nitrogens with one attached hydrogen (secondary N) is 1. The lowest BCUT2D eigenvalue weighted by molar-refractivity contribution is 0.120. The highest BCUT2D eigenvalue weighted by Gasteiger charge is 2.60. The lowest BCUT2D eigenvalue weighted by atomic mass is 9.69. The average molecular weight is 264 g/mol. The summed E-state index contributed by atoms with van der Waals surface area (Å²) < 4.78 is 0. The van der Waals surface area contributed by atoms with Gasteiger partial charge in [0.2, 0.25) is 0 Å². The van der Waals surface area contributed by atoms with Crippen LogP contribution in [0.3, 0.4) is 0 Å². The van der Waals surface area contributed by atoms with Crippen LogP contribution >= 0.6 is 11.3 Å². The second kappa shape index (κ2) is 4.04. The molecule has 1 heterocycles. The Morgan fingerprint density at radius 1 is 1.44 bits per heavy atom. The van der Waals surface area contributed by atoms with Crippen molar-refractivity contribution in [3.63, 3.8) is 0 Å². The molecule has 0 saturated heterocycles. The van der Waals surface area contributed by atoms with Crippen LogP contribution in [-0.2, 0) is 6.54 Å². The average Bonchev–Trinajstić information content (AvgIpc) is 2.87. The quantitative estimate of drug-likeness (QED) is 0.899. The van der Waals surface area contributed by atoms with Crippen molar-refractivity contribution in [1.82, 2.24) is 10.3 Å². The van der Waals surface area contributed by atoms with Crippen molar-refractivity contribution >= 4 is 11.3 Å². The van der Waals surface area contributed by atoms with Gasteiger partial charge in [0.05, 0.1) is 11.2 Å². The molecule has 2 saturated carbocycles. The molecule has 0 aromatic carbocycles. The molecule has 2 nitrogen and oxygen atoms in total. The summed E-state index contributed by atoms with van der Waals surface area (Å²) in [7, 11) is 0. The summed E-state index contributed by atoms with van der Waals surface area (Å²) >= 11 is 1.78. The summed E-state index contributed by atoms with van der Waals surface area (Å²) in [6, 6.07) is 0.688. The van der Waals surface area contributed by atoms with Crippen molar-refractivity contribution in [2.45, 2.75) is 59.5 Å². The third kappa shape index (κ3) is 1.60. The highest BCUT2D eigenvalue weighted by molar-refractivity contribution is 7.09. The first-order valence-electron chi connectivity index (χ1n) is 7.07. The summed E-state index contributed by atoms with van der Waals surface area (Å²) in [6.07, 6.45) is 4.19. The number of nitrogens with zero attached hydrogens (tertiary/aromatic N) is 1. The highest BCUT2D eigenvalue weighted by atomic mass is 32.1. The largest absolute Gasteiger partial charge is 0.308 e. The van der Waals surface area contributed by atoms with Crippen LogP contribution in [-0.4, -0.2) is 11.0 Å². The second-order valence-electron chi connectivity index (χ2n) is 6.90. The molecule has 0 spiro atoms. The fourth-order valence-electron chi connectivity index (χ4n) is 4.22. The number of hydrogen-bond donors (Lipinski definition) is 1. The van der Waals surface area contributed by atoms with Crippen molar-refractivity contribution in [3.05, 3.63) is 16.1 Å². The third-order valence-corrected chi connectivity index (χ3v) is 7.08. The molecule has 0 aliphatic heterocycles. The van der Waals surface area contributed by atoms with Gasteiger partial charge in [-0.2, -0.15) is 0 Å². The molecule has 3 unspecified atom stereocenters. The zero-order chi connectivity index (χ0) is 13.0. The van der Waals surface area contributed by atoms with Gasteiger partial charge in [0, 0.05) is 17.5 Å². The number of rotatable bonds is 3. The van der Waals surface area contributed by atoms with Gasteiger partial charge in [-0.15, -0.1) is 11.3 Å². The van der Waals surface area contributed by atoms with E-state index in [0.29, 0.717) is 16.9 Å². The van der Waals surface area contributed by atoms with Crippen LogP contribution in [0.5, 0.6) is 0 Å². The molecule has 3 heteroatoms. The summed E-state index contributed by atoms with van der Waals surface area (Å²) in [4.78, 5) is 5.74. The molecule has 1 aromatic rings. The Bertz CT molecular complexity index is 451. The van der Waals surface area contributed by atoms with E-state index in [9.17, 15) is 0 Å². The molecule has 0 radical (unpaired) electrons. The molecule has 3 atom stereocenters. The minimum absolute atomic E-state index is 0.482. The molecule has 2 fully saturated rings. The van der Waals surface area contributed by atoms with E-state index in [-0.39, 0.29) is 0 Å². The lowest BCUT2D eigenvalue weighted by Crippen LogP contribution is -2.44. The molecule has 1 aromatic heterocycles. The topological polar surface area (TPSA) is 24.9 Å². The summed E-state index contributed by atoms with van der Waals surface area (Å²) in [5.74, 6) is 0.919. The number of fused-ring (bicyclic) bond motifs is 2. The number of aromatic nitrogens is 1. The van der Waals surface area contributed by atoms with E-state index in [0.717, 1.165) is 12.5 Å². The van der Waals surface area contributed by atoms with Gasteiger partial charge in [-0.05, 0) is 42.9 Å². The van der Waals surface area contributed by atoms with E-state index < -0.39 is 0 Å². The fraction of sp³-hybridized carbons (Fsp3) is 0.800. The SMILES string of the molecule is Cc1ncsc1CNC1CC2CCC1(C)C2(C)C. The summed E-state index contributed by atoms with van der Waals surface area (Å²) in [6.45, 7) is 10.6. The second-order valence-corrected chi connectivity index (χ2v) is 7.84. The van der Waals surface area contributed by atoms with Gasteiger partial charge in [0.1, 0.15) is 0 Å². The van der Waals surface area contributed by atoms with Gasteiger partial charge in [-0.1, -0.05) is 20.8 Å². The molecule has 100 valence electrons. The molecule has 0 amide bonds. The molecular weight excluding hydrogens is 240 g/mol. The highest BCUT2D eigenvalue weighted by Crippen LogP contribution is 2.65. The number of hydrogen-bond acceptors (Lipinski definition) is 3. The van der Waals surface area contributed by atoms with Gasteiger partial charge < -0.3 is 5.32 Å². The summed E-state index contributed by atoms with van der Waals surface area (Å²) in [5, 5.41) is 3.82. The van der Waals surface area contributed by atoms with Crippen molar-refractivity contribution in [2.24, 2.45) is 16.7 Å². The molecule has 2 aliphatic rings. The van der Waals surface area contributed by atoms with Crippen LogP contribution in [0.15, 0.2) is 5.51 Å². The minimum Gasteiger partial charge on any atom is -0.308 e. The number of aryl methyl sites for hydroxylation is 1. The fourth-order valence-corrected chi connectivity index (χ4v) is 4.95. The van der Waals surface area contributed by atoms with Crippen LogP contribution in [0.2, 0.25) is 0 Å². The smallest absolute Gasteiger partial charge is 0.0798 e. The predicted octanol–water partition coefficient (Wildman–Crippen LogP) is 3.76. The maximum absolute atomic E-state index is 4.33. The molecule has 1 N–H and O–H groups in total. The van der Waals surface area contributed by atoms with Crippen molar-refractivity contribution in [2.75, 3.05) is 0 Å². The molecule has 3 rings (SSSR count). The van der Waals surface area contributed by atoms with Gasteiger partial charge in [0.25, 0.3) is 0 Å². The Morgan fingerprint density at radius 2 is 2.22 bits per heavy atom. The van der Waals surface area contributed by atoms with Crippen molar-refractivity contribution < 1.29 is 0 Å². The first-order chi connectivity index (χ1) is 8.45. The van der Waals surface area contributed by atoms with E-state index >= 15 is 0 Å². The Balaban J connectivity index is 1.71. The maximum Gasteiger partial charge on any atom is 0.0798 e. The summed E-state index contributed by atoms with van der Waals surface area (Å²) in [5.41, 5.74) is 4.14. The van der Waals surface area contributed by atoms with E-state index in [2.05, 4.69) is 38.0 Å². The van der Waals surface area contributed by atoms with Gasteiger partial charge in [-0.25, -0.2) is 4.98 Å². The van der Waals surface area contributed by atoms with Crippen LogP contribution < -0.4 is 5.32 Å². The van der Waals surface area contributed by atoms with E-state index in [1.165, 1.54) is 29.8 Å². The zero-order valence-electron chi connectivity index (χ0n) is 11.9. The first kappa shape index (κ1) is 12.6. The van der Waals surface area contributed by atoms with Crippen LogP contribution in [0.1, 0.15) is 50.6 Å². The van der Waals surface area contributed by atoms with Gasteiger partial charge >= 0.3 is 0 Å². The Hall–Kier alpha value is -0.410. The molecular formula is C15H24N2S. The Labute approximate surface area is 114 Å². The number of thiazole rings is 1. The van der Waals surface area contributed by atoms with Crippen LogP contribution in [0.25, 0.3) is 0 Å². The molecule has 2 aliphatic carbocycles. The van der Waals surface area contributed by atoms with E-state index in [1.54, 1.807) is 11.3 Å². The lowest BCUT2D eigenvalue weighted by Gasteiger charge is -2.39. The maximum atomic E-state index is 4.33. The van der Waals surface area contributed by atoms with E-state index in [4.69, 9.17) is 0 Å². The normalized spacial score (nSPS) is 37.3. The Kier molecular flexibility index (Phi) is 2.83. The minimum atomic E-state index is 0.482. The Morgan fingerprint density at radius 3 is 2.72 bits per heavy atom. The monoisotopic (exact) mass is 264 g/mol. The molecule has 18 heavy (non-hydrogen) atoms. The molecule has 2 bridgehead atoms. The van der Waals surface area contributed by atoms with Crippen molar-refractivity contribution in [3.8, 4) is 0 Å². The first-order valence-corrected chi connectivity index (χ1v) is 7.95.